The van der Waals surface area contributed by atoms with E-state index in [0.29, 0.717) is 0 Å². The lowest BCUT2D eigenvalue weighted by Crippen LogP contribution is -2.35. The van der Waals surface area contributed by atoms with Gasteiger partial charge in [-0.15, -0.1) is 0 Å². The molecule has 1 aliphatic heterocycles. The van der Waals surface area contributed by atoms with Gasteiger partial charge in [0.05, 0.1) is 18.9 Å². The van der Waals surface area contributed by atoms with Crippen LogP contribution in [0.2, 0.25) is 0 Å². The number of fused-ring (bicyclic) bond motifs is 2. The quantitative estimate of drug-likeness (QED) is 0.244. The molecule has 196 valence electrons. The number of nitrogens with one attached hydrogen (secondary N) is 2. The zero-order valence-electron chi connectivity index (χ0n) is 22.2. The highest BCUT2D eigenvalue weighted by Crippen LogP contribution is 2.34. The van der Waals surface area contributed by atoms with Crippen molar-refractivity contribution >= 4 is 39.0 Å². The zero-order valence-corrected chi connectivity index (χ0v) is 22.2. The Balaban J connectivity index is 1.23. The molecule has 39 heavy (non-hydrogen) atoms. The lowest BCUT2D eigenvalue weighted by atomic mass is 9.96. The van der Waals surface area contributed by atoms with Crippen LogP contribution in [-0.4, -0.2) is 37.2 Å². The second kappa shape index (κ2) is 11.3. The largest absolute Gasteiger partial charge is 0.379 e. The van der Waals surface area contributed by atoms with Crippen LogP contribution in [0.5, 0.6) is 0 Å². The molecular weight excluding hydrogens is 482 g/mol. The number of benzene rings is 5. The van der Waals surface area contributed by atoms with Gasteiger partial charge >= 0.3 is 6.03 Å². The Morgan fingerprint density at radius 3 is 2.18 bits per heavy atom. The van der Waals surface area contributed by atoms with E-state index < -0.39 is 0 Å². The molecule has 0 bridgehead atoms. The molecule has 1 fully saturated rings. The molecule has 0 aliphatic carbocycles. The molecule has 0 unspecified atom stereocenters. The minimum atomic E-state index is -0.245. The maximum absolute atomic E-state index is 13.2. The molecule has 0 atom stereocenters. The topological polar surface area (TPSA) is 53.6 Å². The summed E-state index contributed by atoms with van der Waals surface area (Å²) in [4.78, 5) is 15.6. The maximum Gasteiger partial charge on any atom is 0.323 e. The number of hydrogen-bond donors (Lipinski definition) is 2. The zero-order chi connectivity index (χ0) is 26.6. The van der Waals surface area contributed by atoms with Crippen molar-refractivity contribution in [1.29, 1.82) is 0 Å². The van der Waals surface area contributed by atoms with Crippen LogP contribution in [-0.2, 0) is 17.7 Å². The molecule has 2 amide bonds. The van der Waals surface area contributed by atoms with Gasteiger partial charge in [-0.1, -0.05) is 91.9 Å². The summed E-state index contributed by atoms with van der Waals surface area (Å²) in [6, 6.07) is 33.3. The average Bonchev–Trinajstić information content (AvgIpc) is 2.98. The molecule has 0 saturated carbocycles. The molecule has 5 aromatic carbocycles. The fourth-order valence-electron chi connectivity index (χ4n) is 5.58. The van der Waals surface area contributed by atoms with Gasteiger partial charge in [0.25, 0.3) is 0 Å². The predicted molar refractivity (Wildman–Crippen MR) is 161 cm³/mol. The van der Waals surface area contributed by atoms with E-state index in [1.165, 1.54) is 16.3 Å². The van der Waals surface area contributed by atoms with Gasteiger partial charge in [-0.25, -0.2) is 4.79 Å². The number of carbonyl (C=O) groups is 1. The van der Waals surface area contributed by atoms with Crippen molar-refractivity contribution in [3.05, 3.63) is 108 Å². The van der Waals surface area contributed by atoms with E-state index in [-0.39, 0.29) is 6.03 Å². The highest BCUT2D eigenvalue weighted by atomic mass is 16.5. The fourth-order valence-corrected chi connectivity index (χ4v) is 5.58. The molecule has 1 saturated heterocycles. The Bertz CT molecular complexity index is 1620. The van der Waals surface area contributed by atoms with Crippen LogP contribution in [0.4, 0.5) is 16.2 Å². The number of morpholine rings is 1. The Morgan fingerprint density at radius 1 is 0.744 bits per heavy atom. The summed E-state index contributed by atoms with van der Waals surface area (Å²) in [5, 5.41) is 10.7. The Kier molecular flexibility index (Phi) is 7.26. The normalized spacial score (nSPS) is 14.0. The van der Waals surface area contributed by atoms with Gasteiger partial charge in [0, 0.05) is 30.7 Å². The van der Waals surface area contributed by atoms with Crippen molar-refractivity contribution in [3.63, 3.8) is 0 Å². The van der Waals surface area contributed by atoms with Crippen molar-refractivity contribution < 1.29 is 9.53 Å². The van der Waals surface area contributed by atoms with Crippen molar-refractivity contribution in [2.24, 2.45) is 0 Å². The average molecular weight is 516 g/mol. The van der Waals surface area contributed by atoms with Gasteiger partial charge in [0.1, 0.15) is 0 Å². The molecule has 1 heterocycles. The molecule has 1 aliphatic rings. The van der Waals surface area contributed by atoms with E-state index in [1.807, 2.05) is 36.4 Å². The highest BCUT2D eigenvalue weighted by molar-refractivity contribution is 6.10. The van der Waals surface area contributed by atoms with Crippen LogP contribution in [0.3, 0.4) is 0 Å². The first kappa shape index (κ1) is 25.1. The van der Waals surface area contributed by atoms with Crippen molar-refractivity contribution in [1.82, 2.24) is 4.90 Å². The van der Waals surface area contributed by atoms with Crippen LogP contribution in [0, 0.1) is 0 Å². The number of carbonyl (C=O) groups excluding carboxylic acids is 1. The summed E-state index contributed by atoms with van der Waals surface area (Å²) in [6.07, 6.45) is 0.833. The Hall–Kier alpha value is -4.19. The second-order valence-corrected chi connectivity index (χ2v) is 10.0. The summed E-state index contributed by atoms with van der Waals surface area (Å²) in [7, 11) is 0. The van der Waals surface area contributed by atoms with Crippen molar-refractivity contribution in [3.8, 4) is 11.1 Å². The summed E-state index contributed by atoms with van der Waals surface area (Å²) in [5.74, 6) is 0. The van der Waals surface area contributed by atoms with E-state index in [4.69, 9.17) is 4.74 Å². The minimum absolute atomic E-state index is 0.245. The van der Waals surface area contributed by atoms with Crippen LogP contribution in [0.15, 0.2) is 97.1 Å². The van der Waals surface area contributed by atoms with Crippen molar-refractivity contribution in [2.75, 3.05) is 36.9 Å². The van der Waals surface area contributed by atoms with Gasteiger partial charge in [0.15, 0.2) is 0 Å². The van der Waals surface area contributed by atoms with E-state index in [2.05, 4.69) is 83.1 Å². The molecule has 5 aromatic rings. The van der Waals surface area contributed by atoms with E-state index in [0.717, 1.165) is 78.1 Å². The van der Waals surface area contributed by atoms with E-state index in [9.17, 15) is 4.79 Å². The third-order valence-corrected chi connectivity index (χ3v) is 7.59. The lowest BCUT2D eigenvalue weighted by Gasteiger charge is -2.26. The summed E-state index contributed by atoms with van der Waals surface area (Å²) < 4.78 is 5.47. The fraction of sp³-hybridized carbons (Fsp3) is 0.206. The van der Waals surface area contributed by atoms with Gasteiger partial charge < -0.3 is 15.4 Å². The number of aryl methyl sites for hydroxylation is 1. The number of urea groups is 1. The number of anilines is 2. The first-order valence-corrected chi connectivity index (χ1v) is 13.7. The highest BCUT2D eigenvalue weighted by Gasteiger charge is 2.14. The standard InChI is InChI=1S/C34H33N3O2/c1-2-27-28-8-4-3-7-25(28)15-17-32(27)35-34(38)36-33-18-16-29(30-9-5-6-10-31(30)33)26-13-11-24(12-14-26)23-37-19-21-39-22-20-37/h3-18H,2,19-23H2,1H3,(H2,35,36,38). The van der Waals surface area contributed by atoms with Gasteiger partial charge in [-0.2, -0.15) is 0 Å². The first-order chi connectivity index (χ1) is 19.2. The van der Waals surface area contributed by atoms with E-state index >= 15 is 0 Å². The monoisotopic (exact) mass is 515 g/mol. The molecule has 0 radical (unpaired) electrons. The summed E-state index contributed by atoms with van der Waals surface area (Å²) in [6.45, 7) is 6.64. The van der Waals surface area contributed by atoms with Crippen molar-refractivity contribution in [2.45, 2.75) is 19.9 Å². The Labute approximate surface area is 229 Å². The van der Waals surface area contributed by atoms with Crippen LogP contribution in [0.25, 0.3) is 32.7 Å². The number of amides is 2. The van der Waals surface area contributed by atoms with Gasteiger partial charge in [-0.05, 0) is 57.0 Å². The lowest BCUT2D eigenvalue weighted by molar-refractivity contribution is 0.0342. The number of nitrogens with zero attached hydrogens (tertiary/aromatic N) is 1. The number of rotatable bonds is 6. The van der Waals surface area contributed by atoms with Gasteiger partial charge in [-0.3, -0.25) is 4.90 Å². The SMILES string of the molecule is CCc1c(NC(=O)Nc2ccc(-c3ccc(CN4CCOCC4)cc3)c3ccccc23)ccc2ccccc12. The third kappa shape index (κ3) is 5.37. The number of hydrogen-bond acceptors (Lipinski definition) is 3. The molecule has 0 aromatic heterocycles. The smallest absolute Gasteiger partial charge is 0.323 e. The predicted octanol–water partition coefficient (Wildman–Crippen LogP) is 7.70. The molecule has 2 N–H and O–H groups in total. The first-order valence-electron chi connectivity index (χ1n) is 13.7. The third-order valence-electron chi connectivity index (χ3n) is 7.59. The van der Waals surface area contributed by atoms with Crippen LogP contribution < -0.4 is 10.6 Å². The molecular formula is C34H33N3O2. The molecule has 6 rings (SSSR count). The molecule has 0 spiro atoms. The second-order valence-electron chi connectivity index (χ2n) is 10.0. The molecule has 5 nitrogen and oxygen atoms in total. The summed E-state index contributed by atoms with van der Waals surface area (Å²) in [5.41, 5.74) is 6.39. The minimum Gasteiger partial charge on any atom is -0.379 e. The molecule has 5 heteroatoms. The summed E-state index contributed by atoms with van der Waals surface area (Å²) >= 11 is 0. The van der Waals surface area contributed by atoms with Crippen LogP contribution >= 0.6 is 0 Å². The maximum atomic E-state index is 13.2. The van der Waals surface area contributed by atoms with Crippen LogP contribution in [0.1, 0.15) is 18.1 Å². The Morgan fingerprint density at radius 2 is 1.41 bits per heavy atom. The van der Waals surface area contributed by atoms with E-state index in [1.54, 1.807) is 0 Å². The number of ether oxygens (including phenoxy) is 1. The van der Waals surface area contributed by atoms with Gasteiger partial charge in [0.2, 0.25) is 0 Å².